The van der Waals surface area contributed by atoms with Crippen molar-refractivity contribution in [3.63, 3.8) is 0 Å². The molecule has 0 unspecified atom stereocenters. The molecule has 1 aromatic heterocycles. The number of aromatic hydroxyl groups is 1. The Bertz CT molecular complexity index is 2910. The molecule has 64 heavy (non-hydrogen) atoms. The van der Waals surface area contributed by atoms with Crippen molar-refractivity contribution in [2.45, 2.75) is 19.6 Å². The number of amidine groups is 1. The van der Waals surface area contributed by atoms with Gasteiger partial charge in [0, 0.05) is 33.0 Å². The number of sulfone groups is 2. The van der Waals surface area contributed by atoms with E-state index in [9.17, 15) is 50.1 Å². The van der Waals surface area contributed by atoms with Gasteiger partial charge in [-0.25, -0.2) is 30.0 Å². The van der Waals surface area contributed by atoms with E-state index < -0.39 is 80.6 Å². The number of phenols is 1. The van der Waals surface area contributed by atoms with Crippen LogP contribution in [0.5, 0.6) is 5.75 Å². The Labute approximate surface area is 433 Å². The van der Waals surface area contributed by atoms with Crippen LogP contribution in [0.25, 0.3) is 5.43 Å². The summed E-state index contributed by atoms with van der Waals surface area (Å²) in [5, 5.41) is 52.0. The maximum absolute atomic E-state index is 12.6. The van der Waals surface area contributed by atoms with Crippen molar-refractivity contribution in [2.75, 3.05) is 22.3 Å². The molecule has 0 aliphatic carbocycles. The Morgan fingerprint density at radius 3 is 2.20 bits per heavy atom. The van der Waals surface area contributed by atoms with Crippen molar-refractivity contribution in [1.82, 2.24) is 15.0 Å². The number of carboxylic acid groups (broad SMARTS) is 1. The minimum absolute atomic E-state index is 0. The van der Waals surface area contributed by atoms with E-state index in [0.717, 1.165) is 23.6 Å². The van der Waals surface area contributed by atoms with Crippen LogP contribution in [0.4, 0.5) is 34.6 Å². The van der Waals surface area contributed by atoms with Gasteiger partial charge in [-0.05, 0) is 78.3 Å². The van der Waals surface area contributed by atoms with Crippen LogP contribution in [0, 0.1) is 0 Å². The monoisotopic (exact) mass is 1060 g/mol. The molecule has 22 nitrogen and oxygen atoms in total. The number of nitrogens with one attached hydrogen (secondary N) is 2. The fourth-order valence-corrected chi connectivity index (χ4v) is 8.14. The Morgan fingerprint density at radius 1 is 0.922 bits per heavy atom. The number of benzene rings is 4. The summed E-state index contributed by atoms with van der Waals surface area (Å²) in [4.78, 5) is 22.8. The first-order valence-corrected chi connectivity index (χ1v) is 22.5. The van der Waals surface area contributed by atoms with Crippen LogP contribution in [0.15, 0.2) is 126 Å². The van der Waals surface area contributed by atoms with Gasteiger partial charge in [0.1, 0.15) is 15.8 Å². The molecule has 5 rings (SSSR count). The van der Waals surface area contributed by atoms with E-state index in [-0.39, 0.29) is 125 Å². The molecule has 0 amide bonds. The van der Waals surface area contributed by atoms with Gasteiger partial charge < -0.3 is 41.2 Å². The molecular formula is C33H24Cl2CuN9Na2O13S4. The Hall–Kier alpha value is -3.29. The van der Waals surface area contributed by atoms with Crippen molar-refractivity contribution in [2.24, 2.45) is 15.3 Å². The van der Waals surface area contributed by atoms with E-state index in [2.05, 4.69) is 62.3 Å². The fourth-order valence-electron chi connectivity index (χ4n) is 4.72. The molecule has 0 saturated heterocycles. The number of phenolic OH excluding ortho intramolecular Hbond substituents is 1. The standard InChI is InChI=1S/C33H27Cl2N9O13S4.Cu.2Na/c1-2-59(49,50)22-5-3-4-19(14-22)36-32-38-31(35)39-33(40-32)37-26-16-23(61(53,54)55)17-27(28(26)45)42-44-29(18-6-9-21(10-7-18)60(51,52)13-12-34)43-41-25-15-20(58-57-56-48)8-11-24(25)30(46)47;;;/h2-11,14-17H,1,12-13H2,(H7,36,37,38,39,40,41,42,43,44,45,46,47,48,53,54,55);;;/q;3*+1/p-3. The van der Waals surface area contributed by atoms with Gasteiger partial charge >= 0.3 is 82.2 Å². The van der Waals surface area contributed by atoms with Crippen molar-refractivity contribution in [3.05, 3.63) is 113 Å². The smallest absolute Gasteiger partial charge is 0.744 e. The molecular weight excluding hydrogens is 1040 g/mol. The number of nitrogens with zero attached hydrogens (tertiary/aromatic N) is 7. The summed E-state index contributed by atoms with van der Waals surface area (Å²) in [6, 6.07) is 15.2. The van der Waals surface area contributed by atoms with Gasteiger partial charge in [0.2, 0.25) is 17.2 Å². The molecule has 4 aromatic carbocycles. The number of alkyl halides is 1. The van der Waals surface area contributed by atoms with Crippen molar-refractivity contribution >= 4 is 111 Å². The summed E-state index contributed by atoms with van der Waals surface area (Å²) >= 11 is 12.1. The summed E-state index contributed by atoms with van der Waals surface area (Å²) in [7, 11) is -12.9. The van der Waals surface area contributed by atoms with Crippen LogP contribution >= 0.6 is 35.2 Å². The molecule has 0 aliphatic heterocycles. The first-order chi connectivity index (χ1) is 28.8. The Kier molecular flexibility index (Phi) is 22.2. The number of azo groups is 1. The van der Waals surface area contributed by atoms with E-state index in [1.165, 1.54) is 54.6 Å². The summed E-state index contributed by atoms with van der Waals surface area (Å²) in [5.41, 5.74) is 2.23. The number of halogens is 2. The minimum atomic E-state index is -5.28. The van der Waals surface area contributed by atoms with Crippen LogP contribution in [0.1, 0.15) is 15.9 Å². The SMILES string of the molecule is C=CS(=O)(=O)c1cccc(Nc2nc(Cl)nc(Nc3cc(S(=O)(=O)[O-])cc(N=N/C(=N\[N-]c4cc(SOO[O-])ccc4C(=O)O)c4ccc(S(=O)(=O)CCCl)cc4)c3O)n2)c1.[Cu+].[Na+].[Na+]. The normalized spacial score (nSPS) is 11.7. The predicted octanol–water partition coefficient (Wildman–Crippen LogP) is -0.363. The molecule has 31 heteroatoms. The van der Waals surface area contributed by atoms with E-state index in [4.69, 9.17) is 23.2 Å². The van der Waals surface area contributed by atoms with Crippen LogP contribution in [-0.4, -0.2) is 78.4 Å². The summed E-state index contributed by atoms with van der Waals surface area (Å²) in [5.74, 6) is -4.05. The molecule has 1 heterocycles. The van der Waals surface area contributed by atoms with Gasteiger partial charge in [-0.1, -0.05) is 18.7 Å². The second-order valence-corrected chi connectivity index (χ2v) is 18.4. The summed E-state index contributed by atoms with van der Waals surface area (Å²) < 4.78 is 90.8. The zero-order valence-corrected chi connectivity index (χ0v) is 42.1. The molecule has 0 spiro atoms. The van der Waals surface area contributed by atoms with Crippen LogP contribution < -0.4 is 75.0 Å². The van der Waals surface area contributed by atoms with Gasteiger partial charge in [0.15, 0.2) is 31.3 Å². The van der Waals surface area contributed by atoms with Gasteiger partial charge in [0.05, 0.1) is 38.2 Å². The molecule has 0 saturated carbocycles. The number of anilines is 4. The van der Waals surface area contributed by atoms with Crippen LogP contribution in [-0.2, 0) is 56.2 Å². The largest absolute Gasteiger partial charge is 1.00 e. The van der Waals surface area contributed by atoms with Gasteiger partial charge in [-0.2, -0.15) is 19.3 Å². The number of rotatable bonds is 18. The summed E-state index contributed by atoms with van der Waals surface area (Å²) in [6.45, 7) is 3.29. The predicted molar refractivity (Wildman–Crippen MR) is 216 cm³/mol. The average Bonchev–Trinajstić information content (AvgIpc) is 3.20. The van der Waals surface area contributed by atoms with Crippen molar-refractivity contribution < 1.29 is 136 Å². The van der Waals surface area contributed by atoms with E-state index >= 15 is 0 Å². The van der Waals surface area contributed by atoms with Gasteiger partial charge in [-0.15, -0.1) is 27.5 Å². The molecule has 0 aliphatic rings. The third kappa shape index (κ3) is 15.4. The maximum atomic E-state index is 12.6. The summed E-state index contributed by atoms with van der Waals surface area (Å²) in [6.07, 6.45) is 0. The Morgan fingerprint density at radius 2 is 1.59 bits per heavy atom. The van der Waals surface area contributed by atoms with Crippen LogP contribution in [0.3, 0.4) is 0 Å². The van der Waals surface area contributed by atoms with Gasteiger partial charge in [-0.3, -0.25) is 5.04 Å². The molecule has 0 fully saturated rings. The number of hydrogen-bond donors (Lipinski definition) is 4. The second kappa shape index (κ2) is 25.0. The first kappa shape index (κ1) is 56.8. The Balaban J connectivity index is 0.00000469. The molecule has 5 aromatic rings. The zero-order valence-electron chi connectivity index (χ0n) is 32.4. The van der Waals surface area contributed by atoms with Gasteiger partial charge in [0.25, 0.3) is 0 Å². The zero-order chi connectivity index (χ0) is 44.5. The van der Waals surface area contributed by atoms with Crippen LogP contribution in [0.2, 0.25) is 5.28 Å². The third-order valence-electron chi connectivity index (χ3n) is 7.52. The topological polar surface area (TPSA) is 338 Å². The van der Waals surface area contributed by atoms with Crippen molar-refractivity contribution in [3.8, 4) is 5.75 Å². The van der Waals surface area contributed by atoms with Crippen molar-refractivity contribution in [1.29, 1.82) is 0 Å². The number of carboxylic acids is 1. The number of hydrogen-bond acceptors (Lipinski definition) is 20. The quantitative estimate of drug-likeness (QED) is 0.00831. The maximum Gasteiger partial charge on any atom is 1.00 e. The number of aromatic carboxylic acids is 1. The minimum Gasteiger partial charge on any atom is -0.744 e. The molecule has 330 valence electrons. The van der Waals surface area contributed by atoms with E-state index in [1.54, 1.807) is 0 Å². The first-order valence-electron chi connectivity index (χ1n) is 16.2. The molecule has 0 atom stereocenters. The third-order valence-corrected chi connectivity index (χ3v) is 12.6. The molecule has 4 N–H and O–H groups in total. The number of aromatic nitrogens is 3. The fraction of sp³-hybridized carbons (Fsp3) is 0.0606. The van der Waals surface area contributed by atoms with E-state index in [0.29, 0.717) is 18.1 Å². The number of carbonyl (C=O) groups is 1. The van der Waals surface area contributed by atoms with E-state index in [1.807, 2.05) is 0 Å². The molecule has 0 radical (unpaired) electrons. The second-order valence-electron chi connectivity index (χ2n) is 11.5. The molecule has 0 bridgehead atoms. The average molecular weight is 1060 g/mol.